The number of rotatable bonds is 7. The first-order valence-corrected chi connectivity index (χ1v) is 8.53. The second kappa shape index (κ2) is 8.06. The number of carbonyl (C=O) groups is 1. The van der Waals surface area contributed by atoms with Gasteiger partial charge in [0.15, 0.2) is 0 Å². The molecular weight excluding hydrogens is 330 g/mol. The maximum absolute atomic E-state index is 13.3. The second-order valence-electron chi connectivity index (χ2n) is 6.23. The molecule has 1 amide bonds. The zero-order valence-corrected chi connectivity index (χ0v) is 15.3. The molecule has 1 heterocycles. The highest BCUT2D eigenvalue weighted by molar-refractivity contribution is 6.06. The van der Waals surface area contributed by atoms with Gasteiger partial charge in [-0.15, -0.1) is 0 Å². The van der Waals surface area contributed by atoms with Gasteiger partial charge in [0, 0.05) is 19.0 Å². The molecule has 0 saturated carbocycles. The van der Waals surface area contributed by atoms with E-state index in [1.165, 1.54) is 6.26 Å². The lowest BCUT2D eigenvalue weighted by Gasteiger charge is -2.29. The molecule has 0 aliphatic rings. The Labute approximate surface area is 153 Å². The van der Waals surface area contributed by atoms with Crippen LogP contribution in [0.4, 0.5) is 0 Å². The predicted molar refractivity (Wildman–Crippen MR) is 100 cm³/mol. The van der Waals surface area contributed by atoms with Crippen LogP contribution in [0.25, 0.3) is 11.0 Å². The smallest absolute Gasteiger partial charge is 0.258 e. The number of amides is 1. The van der Waals surface area contributed by atoms with E-state index in [0.29, 0.717) is 24.3 Å². The van der Waals surface area contributed by atoms with E-state index < -0.39 is 0 Å². The van der Waals surface area contributed by atoms with E-state index in [9.17, 15) is 4.79 Å². The summed E-state index contributed by atoms with van der Waals surface area (Å²) in [5.41, 5.74) is 2.26. The van der Waals surface area contributed by atoms with Crippen LogP contribution < -0.4 is 4.74 Å². The van der Waals surface area contributed by atoms with Crippen LogP contribution in [0.15, 0.2) is 59.2 Å². The standard InChI is InChI=1S/C21H23NO4/c1-15(13-24-2)22(12-16-7-6-8-17(11-16)25-3)21(23)19-14-26-20-10-5-4-9-18(19)20/h4-11,14-15H,12-13H2,1-3H3. The molecule has 0 radical (unpaired) electrons. The van der Waals surface area contributed by atoms with E-state index in [-0.39, 0.29) is 11.9 Å². The van der Waals surface area contributed by atoms with E-state index in [0.717, 1.165) is 16.7 Å². The van der Waals surface area contributed by atoms with E-state index in [4.69, 9.17) is 13.9 Å². The number of methoxy groups -OCH3 is 2. The van der Waals surface area contributed by atoms with Crippen molar-refractivity contribution in [2.24, 2.45) is 0 Å². The normalized spacial score (nSPS) is 12.1. The fourth-order valence-corrected chi connectivity index (χ4v) is 3.02. The second-order valence-corrected chi connectivity index (χ2v) is 6.23. The number of hydrogen-bond donors (Lipinski definition) is 0. The fraction of sp³-hybridized carbons (Fsp3) is 0.286. The van der Waals surface area contributed by atoms with Gasteiger partial charge in [0.1, 0.15) is 17.6 Å². The van der Waals surface area contributed by atoms with E-state index in [2.05, 4.69) is 0 Å². The summed E-state index contributed by atoms with van der Waals surface area (Å²) in [7, 11) is 3.27. The molecule has 136 valence electrons. The van der Waals surface area contributed by atoms with Crippen LogP contribution in [0.5, 0.6) is 5.75 Å². The fourth-order valence-electron chi connectivity index (χ4n) is 3.02. The molecule has 3 aromatic rings. The first-order chi connectivity index (χ1) is 12.6. The molecule has 26 heavy (non-hydrogen) atoms. The van der Waals surface area contributed by atoms with Crippen LogP contribution in [-0.2, 0) is 11.3 Å². The van der Waals surface area contributed by atoms with Crippen molar-refractivity contribution >= 4 is 16.9 Å². The molecule has 1 unspecified atom stereocenters. The van der Waals surface area contributed by atoms with Crippen LogP contribution in [0, 0.1) is 0 Å². The average molecular weight is 353 g/mol. The topological polar surface area (TPSA) is 51.9 Å². The van der Waals surface area contributed by atoms with Crippen LogP contribution in [0.1, 0.15) is 22.8 Å². The molecular formula is C21H23NO4. The Morgan fingerprint density at radius 1 is 1.15 bits per heavy atom. The van der Waals surface area contributed by atoms with Crippen molar-refractivity contribution in [3.05, 3.63) is 65.9 Å². The predicted octanol–water partition coefficient (Wildman–Crippen LogP) is 4.12. The van der Waals surface area contributed by atoms with Crippen LogP contribution in [0.2, 0.25) is 0 Å². The third-order valence-corrected chi connectivity index (χ3v) is 4.40. The summed E-state index contributed by atoms with van der Waals surface area (Å²) in [6.45, 7) is 2.88. The Bertz CT molecular complexity index is 886. The number of carbonyl (C=O) groups excluding carboxylic acids is 1. The van der Waals surface area contributed by atoms with Crippen molar-refractivity contribution in [1.29, 1.82) is 0 Å². The van der Waals surface area contributed by atoms with Gasteiger partial charge in [0.2, 0.25) is 0 Å². The van der Waals surface area contributed by atoms with Gasteiger partial charge in [-0.25, -0.2) is 0 Å². The lowest BCUT2D eigenvalue weighted by molar-refractivity contribution is 0.0543. The summed E-state index contributed by atoms with van der Waals surface area (Å²) in [6, 6.07) is 15.2. The molecule has 0 fully saturated rings. The number of nitrogens with zero attached hydrogens (tertiary/aromatic N) is 1. The molecule has 0 aliphatic carbocycles. The lowest BCUT2D eigenvalue weighted by atomic mass is 10.1. The molecule has 0 N–H and O–H groups in total. The van der Waals surface area contributed by atoms with Crippen molar-refractivity contribution in [3.63, 3.8) is 0 Å². The monoisotopic (exact) mass is 353 g/mol. The van der Waals surface area contributed by atoms with Gasteiger partial charge in [0.05, 0.1) is 25.3 Å². The first-order valence-electron chi connectivity index (χ1n) is 8.53. The summed E-state index contributed by atoms with van der Waals surface area (Å²) in [4.78, 5) is 15.1. The van der Waals surface area contributed by atoms with Crippen molar-refractivity contribution in [2.45, 2.75) is 19.5 Å². The van der Waals surface area contributed by atoms with Crippen LogP contribution in [-0.4, -0.2) is 37.7 Å². The van der Waals surface area contributed by atoms with Gasteiger partial charge in [0.25, 0.3) is 5.91 Å². The van der Waals surface area contributed by atoms with E-state index >= 15 is 0 Å². The highest BCUT2D eigenvalue weighted by atomic mass is 16.5. The average Bonchev–Trinajstić information content (AvgIpc) is 3.10. The molecule has 0 aliphatic heterocycles. The Morgan fingerprint density at radius 3 is 2.73 bits per heavy atom. The third-order valence-electron chi connectivity index (χ3n) is 4.40. The molecule has 5 heteroatoms. The van der Waals surface area contributed by atoms with Crippen molar-refractivity contribution in [2.75, 3.05) is 20.8 Å². The molecule has 2 aromatic carbocycles. The van der Waals surface area contributed by atoms with Gasteiger partial charge >= 0.3 is 0 Å². The summed E-state index contributed by atoms with van der Waals surface area (Å²) in [5, 5.41) is 0.817. The number of para-hydroxylation sites is 1. The maximum atomic E-state index is 13.3. The van der Waals surface area contributed by atoms with E-state index in [1.807, 2.05) is 55.5 Å². The number of benzene rings is 2. The van der Waals surface area contributed by atoms with Gasteiger partial charge in [-0.2, -0.15) is 0 Å². The van der Waals surface area contributed by atoms with Gasteiger partial charge in [-0.3, -0.25) is 4.79 Å². The Kier molecular flexibility index (Phi) is 5.58. The summed E-state index contributed by atoms with van der Waals surface area (Å²) in [5.74, 6) is 0.686. The quantitative estimate of drug-likeness (QED) is 0.641. The molecule has 1 aromatic heterocycles. The minimum absolute atomic E-state index is 0.0812. The summed E-state index contributed by atoms with van der Waals surface area (Å²) in [6.07, 6.45) is 1.53. The lowest BCUT2D eigenvalue weighted by Crippen LogP contribution is -2.40. The largest absolute Gasteiger partial charge is 0.497 e. The maximum Gasteiger partial charge on any atom is 0.258 e. The van der Waals surface area contributed by atoms with Crippen LogP contribution >= 0.6 is 0 Å². The Balaban J connectivity index is 1.93. The Morgan fingerprint density at radius 2 is 1.96 bits per heavy atom. The zero-order valence-electron chi connectivity index (χ0n) is 15.3. The van der Waals surface area contributed by atoms with Gasteiger partial charge in [-0.05, 0) is 30.7 Å². The molecule has 3 rings (SSSR count). The zero-order chi connectivity index (χ0) is 18.5. The molecule has 0 saturated heterocycles. The van der Waals surface area contributed by atoms with Crippen LogP contribution in [0.3, 0.4) is 0 Å². The number of hydrogen-bond acceptors (Lipinski definition) is 4. The van der Waals surface area contributed by atoms with Gasteiger partial charge in [-0.1, -0.05) is 30.3 Å². The highest BCUT2D eigenvalue weighted by Gasteiger charge is 2.25. The molecule has 0 bridgehead atoms. The first kappa shape index (κ1) is 18.0. The number of ether oxygens (including phenoxy) is 2. The molecule has 1 atom stereocenters. The minimum atomic E-state index is -0.0904. The number of fused-ring (bicyclic) bond motifs is 1. The van der Waals surface area contributed by atoms with Crippen molar-refractivity contribution in [1.82, 2.24) is 4.90 Å². The SMILES string of the molecule is COCC(C)N(Cc1cccc(OC)c1)C(=O)c1coc2ccccc12. The minimum Gasteiger partial charge on any atom is -0.497 e. The number of furan rings is 1. The van der Waals surface area contributed by atoms with E-state index in [1.54, 1.807) is 19.1 Å². The summed E-state index contributed by atoms with van der Waals surface area (Å²) < 4.78 is 16.1. The highest BCUT2D eigenvalue weighted by Crippen LogP contribution is 2.24. The third kappa shape index (κ3) is 3.73. The molecule has 5 nitrogen and oxygen atoms in total. The molecule has 0 spiro atoms. The van der Waals surface area contributed by atoms with Crippen molar-refractivity contribution < 1.29 is 18.7 Å². The Hall–Kier alpha value is -2.79. The van der Waals surface area contributed by atoms with Gasteiger partial charge < -0.3 is 18.8 Å². The van der Waals surface area contributed by atoms with Crippen molar-refractivity contribution in [3.8, 4) is 5.75 Å². The summed E-state index contributed by atoms with van der Waals surface area (Å²) >= 11 is 0.